The van der Waals surface area contributed by atoms with E-state index in [-0.39, 0.29) is 0 Å². The molecular weight excluding hydrogens is 338 g/mol. The van der Waals surface area contributed by atoms with Crippen molar-refractivity contribution in [3.8, 4) is 0 Å². The van der Waals surface area contributed by atoms with Gasteiger partial charge in [0.25, 0.3) is 0 Å². The topological polar surface area (TPSA) is 12.9 Å². The van der Waals surface area contributed by atoms with Crippen LogP contribution in [0.25, 0.3) is 0 Å². The third kappa shape index (κ3) is 5.82. The molecule has 0 saturated carbocycles. The third-order valence-electron chi connectivity index (χ3n) is 6.25. The molecule has 1 heterocycles. The summed E-state index contributed by atoms with van der Waals surface area (Å²) in [5.74, 6) is 1.15. The standard InChI is InChI=1S/C27H43N/c1-6-10-16-22-23(17-11-7-2)25(19-13-9-4)27(24(22)18-12-8-3)26-20-14-15-21(5)28-26/h14-15,18,20,25,27H,6-13,16-17,19H2,1-5H3/b24-18-. The summed E-state index contributed by atoms with van der Waals surface area (Å²) >= 11 is 0. The maximum absolute atomic E-state index is 5.03. The molecule has 0 fully saturated rings. The molecule has 0 aliphatic heterocycles. The lowest BCUT2D eigenvalue weighted by Crippen LogP contribution is -2.13. The van der Waals surface area contributed by atoms with E-state index in [2.05, 4.69) is 58.9 Å². The van der Waals surface area contributed by atoms with Crippen LogP contribution in [-0.2, 0) is 0 Å². The minimum Gasteiger partial charge on any atom is -0.258 e. The van der Waals surface area contributed by atoms with Crippen LogP contribution in [0.2, 0.25) is 0 Å². The number of hydrogen-bond donors (Lipinski definition) is 0. The molecule has 2 atom stereocenters. The Balaban J connectivity index is 2.54. The minimum atomic E-state index is 0.483. The van der Waals surface area contributed by atoms with Crippen molar-refractivity contribution >= 4 is 0 Å². The van der Waals surface area contributed by atoms with Crippen LogP contribution < -0.4 is 0 Å². The average Bonchev–Trinajstić information content (AvgIpc) is 2.99. The van der Waals surface area contributed by atoms with Gasteiger partial charge in [-0.05, 0) is 74.6 Å². The van der Waals surface area contributed by atoms with E-state index in [4.69, 9.17) is 4.98 Å². The van der Waals surface area contributed by atoms with Gasteiger partial charge < -0.3 is 0 Å². The summed E-state index contributed by atoms with van der Waals surface area (Å²) in [6.45, 7) is 11.4. The van der Waals surface area contributed by atoms with Crippen LogP contribution in [0.1, 0.15) is 116 Å². The summed E-state index contributed by atoms with van der Waals surface area (Å²) in [5.41, 5.74) is 7.61. The van der Waals surface area contributed by atoms with Crippen molar-refractivity contribution in [3.63, 3.8) is 0 Å². The van der Waals surface area contributed by atoms with Crippen LogP contribution in [0.3, 0.4) is 0 Å². The first-order valence-electron chi connectivity index (χ1n) is 12.0. The maximum atomic E-state index is 5.03. The van der Waals surface area contributed by atoms with Crippen molar-refractivity contribution in [2.24, 2.45) is 5.92 Å². The summed E-state index contributed by atoms with van der Waals surface area (Å²) in [4.78, 5) is 5.03. The number of pyridine rings is 1. The second-order valence-corrected chi connectivity index (χ2v) is 8.59. The average molecular weight is 382 g/mol. The lowest BCUT2D eigenvalue weighted by molar-refractivity contribution is 0.473. The highest BCUT2D eigenvalue weighted by Crippen LogP contribution is 2.52. The van der Waals surface area contributed by atoms with E-state index in [0.717, 1.165) is 5.69 Å². The third-order valence-corrected chi connectivity index (χ3v) is 6.25. The molecular formula is C27H43N. The van der Waals surface area contributed by atoms with Crippen LogP contribution in [-0.4, -0.2) is 4.98 Å². The number of aromatic nitrogens is 1. The van der Waals surface area contributed by atoms with Crippen LogP contribution in [0, 0.1) is 12.8 Å². The van der Waals surface area contributed by atoms with E-state index in [1.165, 1.54) is 76.3 Å². The fourth-order valence-corrected chi connectivity index (χ4v) is 4.79. The summed E-state index contributed by atoms with van der Waals surface area (Å²) in [7, 11) is 0. The van der Waals surface area contributed by atoms with E-state index in [1.807, 2.05) is 0 Å². The molecule has 1 nitrogen and oxygen atoms in total. The lowest BCUT2D eigenvalue weighted by atomic mass is 9.81. The zero-order chi connectivity index (χ0) is 20.4. The number of nitrogens with zero attached hydrogens (tertiary/aromatic N) is 1. The molecule has 0 N–H and O–H groups in total. The maximum Gasteiger partial charge on any atom is 0.0487 e. The quantitative estimate of drug-likeness (QED) is 0.353. The molecule has 0 amide bonds. The molecule has 156 valence electrons. The van der Waals surface area contributed by atoms with Gasteiger partial charge in [0.1, 0.15) is 0 Å². The largest absolute Gasteiger partial charge is 0.258 e. The second-order valence-electron chi connectivity index (χ2n) is 8.59. The lowest BCUT2D eigenvalue weighted by Gasteiger charge is -2.24. The minimum absolute atomic E-state index is 0.483. The van der Waals surface area contributed by atoms with Gasteiger partial charge in [0.05, 0.1) is 0 Å². The first kappa shape index (κ1) is 22.9. The molecule has 1 aromatic rings. The molecule has 0 radical (unpaired) electrons. The Kier molecular flexibility index (Phi) is 10.0. The second kappa shape index (κ2) is 12.2. The van der Waals surface area contributed by atoms with Crippen molar-refractivity contribution in [1.82, 2.24) is 4.98 Å². The molecule has 1 heteroatoms. The van der Waals surface area contributed by atoms with E-state index >= 15 is 0 Å². The smallest absolute Gasteiger partial charge is 0.0487 e. The van der Waals surface area contributed by atoms with Gasteiger partial charge in [-0.3, -0.25) is 4.98 Å². The molecule has 1 aliphatic rings. The molecule has 0 spiro atoms. The molecule has 0 bridgehead atoms. The van der Waals surface area contributed by atoms with E-state index in [1.54, 1.807) is 16.7 Å². The Morgan fingerprint density at radius 1 is 0.893 bits per heavy atom. The highest BCUT2D eigenvalue weighted by Gasteiger charge is 2.38. The number of aryl methyl sites for hydroxylation is 1. The van der Waals surface area contributed by atoms with Gasteiger partial charge in [-0.15, -0.1) is 0 Å². The van der Waals surface area contributed by atoms with Gasteiger partial charge in [-0.25, -0.2) is 0 Å². The first-order chi connectivity index (χ1) is 13.7. The molecule has 0 saturated heterocycles. The first-order valence-corrected chi connectivity index (χ1v) is 12.0. The fraction of sp³-hybridized carbons (Fsp3) is 0.667. The zero-order valence-electron chi connectivity index (χ0n) is 19.2. The Labute approximate surface area is 174 Å². The van der Waals surface area contributed by atoms with Crippen LogP contribution in [0.4, 0.5) is 0 Å². The van der Waals surface area contributed by atoms with E-state index in [0.29, 0.717) is 11.8 Å². The number of hydrogen-bond acceptors (Lipinski definition) is 1. The number of allylic oxidation sites excluding steroid dienone is 4. The zero-order valence-corrected chi connectivity index (χ0v) is 19.2. The highest BCUT2D eigenvalue weighted by molar-refractivity contribution is 5.51. The van der Waals surface area contributed by atoms with E-state index in [9.17, 15) is 0 Å². The Morgan fingerprint density at radius 3 is 2.25 bits per heavy atom. The summed E-state index contributed by atoms with van der Waals surface area (Å²) in [5, 5.41) is 0. The van der Waals surface area contributed by atoms with Crippen LogP contribution in [0.5, 0.6) is 0 Å². The summed E-state index contributed by atoms with van der Waals surface area (Å²) in [6, 6.07) is 6.64. The Bertz CT molecular complexity index is 652. The van der Waals surface area contributed by atoms with Gasteiger partial charge in [0, 0.05) is 17.3 Å². The van der Waals surface area contributed by atoms with E-state index < -0.39 is 0 Å². The van der Waals surface area contributed by atoms with Gasteiger partial charge in [-0.2, -0.15) is 0 Å². The molecule has 1 aliphatic carbocycles. The van der Waals surface area contributed by atoms with Crippen LogP contribution >= 0.6 is 0 Å². The van der Waals surface area contributed by atoms with Crippen LogP contribution in [0.15, 0.2) is 41.0 Å². The van der Waals surface area contributed by atoms with Gasteiger partial charge in [0.15, 0.2) is 0 Å². The molecule has 1 aromatic heterocycles. The Morgan fingerprint density at radius 2 is 1.61 bits per heavy atom. The van der Waals surface area contributed by atoms with Gasteiger partial charge in [-0.1, -0.05) is 77.5 Å². The van der Waals surface area contributed by atoms with Crippen molar-refractivity contribution in [2.45, 2.75) is 111 Å². The highest BCUT2D eigenvalue weighted by atomic mass is 14.7. The predicted molar refractivity (Wildman–Crippen MR) is 124 cm³/mol. The molecule has 28 heavy (non-hydrogen) atoms. The molecule has 2 rings (SSSR count). The van der Waals surface area contributed by atoms with Crippen molar-refractivity contribution < 1.29 is 0 Å². The molecule has 2 unspecified atom stereocenters. The van der Waals surface area contributed by atoms with Crippen molar-refractivity contribution in [1.29, 1.82) is 0 Å². The summed E-state index contributed by atoms with van der Waals surface area (Å²) < 4.78 is 0. The summed E-state index contributed by atoms with van der Waals surface area (Å²) in [6.07, 6.45) is 16.7. The fourth-order valence-electron chi connectivity index (χ4n) is 4.79. The van der Waals surface area contributed by atoms with Gasteiger partial charge >= 0.3 is 0 Å². The normalized spacial score (nSPS) is 21.1. The molecule has 0 aromatic carbocycles. The SMILES string of the molecule is CCC/C=C1/C(CCCC)=C(CCCC)C(CCCC)C1c1cccc(C)n1. The predicted octanol–water partition coefficient (Wildman–Crippen LogP) is 8.70. The van der Waals surface area contributed by atoms with Crippen molar-refractivity contribution in [2.75, 3.05) is 0 Å². The number of rotatable bonds is 12. The van der Waals surface area contributed by atoms with Crippen molar-refractivity contribution in [3.05, 3.63) is 52.4 Å². The van der Waals surface area contributed by atoms with Gasteiger partial charge in [0.2, 0.25) is 0 Å². The Hall–Kier alpha value is -1.37. The monoisotopic (exact) mass is 381 g/mol. The number of unbranched alkanes of at least 4 members (excludes halogenated alkanes) is 4.